The predicted molar refractivity (Wildman–Crippen MR) is 54.1 cm³/mol. The molecule has 0 saturated heterocycles. The number of carbonyl (C=O) groups is 1. The Balaban J connectivity index is 1.98. The average Bonchev–Trinajstić information content (AvgIpc) is 2.81. The summed E-state index contributed by atoms with van der Waals surface area (Å²) in [5.74, 6) is -0.736. The van der Waals surface area contributed by atoms with E-state index >= 15 is 0 Å². The van der Waals surface area contributed by atoms with Gasteiger partial charge in [-0.25, -0.2) is 9.37 Å². The largest absolute Gasteiger partial charge is 0.451 e. The summed E-state index contributed by atoms with van der Waals surface area (Å²) in [5, 5.41) is 2.54. The lowest BCUT2D eigenvalue weighted by molar-refractivity contribution is 0.0945. The molecular formula is C11H9FN2O2. The van der Waals surface area contributed by atoms with Gasteiger partial charge in [-0.3, -0.25) is 4.79 Å². The molecule has 0 aliphatic heterocycles. The summed E-state index contributed by atoms with van der Waals surface area (Å²) in [6.45, 7) is 0.123. The lowest BCUT2D eigenvalue weighted by Crippen LogP contribution is -2.23. The summed E-state index contributed by atoms with van der Waals surface area (Å²) in [4.78, 5) is 15.1. The first kappa shape index (κ1) is 10.4. The monoisotopic (exact) mass is 220 g/mol. The summed E-state index contributed by atoms with van der Waals surface area (Å²) >= 11 is 0. The van der Waals surface area contributed by atoms with Gasteiger partial charge in [0, 0.05) is 12.1 Å². The van der Waals surface area contributed by atoms with Gasteiger partial charge in [0.25, 0.3) is 5.91 Å². The molecule has 0 aliphatic carbocycles. The second kappa shape index (κ2) is 4.57. The Morgan fingerprint density at radius 1 is 1.44 bits per heavy atom. The maximum Gasteiger partial charge on any atom is 0.273 e. The van der Waals surface area contributed by atoms with Gasteiger partial charge < -0.3 is 9.73 Å². The Morgan fingerprint density at radius 2 is 2.25 bits per heavy atom. The van der Waals surface area contributed by atoms with Gasteiger partial charge >= 0.3 is 0 Å². The van der Waals surface area contributed by atoms with Crippen LogP contribution in [-0.2, 0) is 6.54 Å². The third-order valence-electron chi connectivity index (χ3n) is 2.06. The van der Waals surface area contributed by atoms with Crippen LogP contribution >= 0.6 is 0 Å². The van der Waals surface area contributed by atoms with E-state index in [-0.39, 0.29) is 18.1 Å². The van der Waals surface area contributed by atoms with E-state index in [0.29, 0.717) is 5.56 Å². The van der Waals surface area contributed by atoms with E-state index in [2.05, 4.69) is 14.7 Å². The van der Waals surface area contributed by atoms with Gasteiger partial charge in [0.1, 0.15) is 12.1 Å². The molecule has 0 aliphatic rings. The molecule has 0 saturated carbocycles. The van der Waals surface area contributed by atoms with Crippen molar-refractivity contribution in [3.63, 3.8) is 0 Å². The molecule has 1 amide bonds. The highest BCUT2D eigenvalue weighted by Crippen LogP contribution is 2.05. The normalized spacial score (nSPS) is 10.1. The smallest absolute Gasteiger partial charge is 0.273 e. The van der Waals surface area contributed by atoms with Gasteiger partial charge in [-0.15, -0.1) is 0 Å². The first-order valence-electron chi connectivity index (χ1n) is 4.67. The van der Waals surface area contributed by atoms with E-state index in [4.69, 9.17) is 0 Å². The van der Waals surface area contributed by atoms with Crippen LogP contribution in [-0.4, -0.2) is 10.9 Å². The molecule has 0 atom stereocenters. The molecule has 16 heavy (non-hydrogen) atoms. The fourth-order valence-corrected chi connectivity index (χ4v) is 1.23. The summed E-state index contributed by atoms with van der Waals surface area (Å²) in [5.41, 5.74) is 0.607. The molecule has 1 aromatic heterocycles. The molecule has 1 N–H and O–H groups in total. The van der Waals surface area contributed by atoms with Crippen molar-refractivity contribution in [3.05, 3.63) is 54.0 Å². The first-order chi connectivity index (χ1) is 7.77. The highest BCUT2D eigenvalue weighted by molar-refractivity contribution is 5.91. The highest BCUT2D eigenvalue weighted by atomic mass is 19.1. The van der Waals surface area contributed by atoms with Crippen LogP contribution in [0.15, 0.2) is 41.3 Å². The fraction of sp³-hybridized carbons (Fsp3) is 0.0909. The molecule has 4 nitrogen and oxygen atoms in total. The number of aromatic nitrogens is 1. The standard InChI is InChI=1S/C11H9FN2O2/c12-9-4-2-1-3-8(9)5-13-11(15)10-6-16-7-14-10/h1-4,6-7H,5H2,(H,13,15). The minimum Gasteiger partial charge on any atom is -0.451 e. The average molecular weight is 220 g/mol. The van der Waals surface area contributed by atoms with E-state index in [9.17, 15) is 9.18 Å². The molecule has 0 radical (unpaired) electrons. The number of carbonyl (C=O) groups excluding carboxylic acids is 1. The lowest BCUT2D eigenvalue weighted by Gasteiger charge is -2.03. The minimum atomic E-state index is -0.392. The number of halogens is 1. The molecule has 1 heterocycles. The number of oxazole rings is 1. The van der Waals surface area contributed by atoms with Crippen LogP contribution < -0.4 is 5.32 Å². The van der Waals surface area contributed by atoms with Crippen molar-refractivity contribution >= 4 is 5.91 Å². The molecule has 2 aromatic rings. The molecule has 1 aromatic carbocycles. The van der Waals surface area contributed by atoms with Crippen molar-refractivity contribution in [2.45, 2.75) is 6.54 Å². The fourth-order valence-electron chi connectivity index (χ4n) is 1.23. The summed E-state index contributed by atoms with van der Waals surface area (Å²) in [7, 11) is 0. The summed E-state index contributed by atoms with van der Waals surface area (Å²) in [6, 6.07) is 6.26. The number of nitrogens with zero attached hydrogens (tertiary/aromatic N) is 1. The zero-order chi connectivity index (χ0) is 11.4. The third kappa shape index (κ3) is 2.25. The molecule has 0 bridgehead atoms. The second-order valence-electron chi connectivity index (χ2n) is 3.15. The van der Waals surface area contributed by atoms with E-state index < -0.39 is 5.91 Å². The summed E-state index contributed by atoms with van der Waals surface area (Å²) in [6.07, 6.45) is 2.40. The lowest BCUT2D eigenvalue weighted by atomic mass is 10.2. The van der Waals surface area contributed by atoms with Crippen LogP contribution in [0.3, 0.4) is 0 Å². The van der Waals surface area contributed by atoms with E-state index in [1.54, 1.807) is 18.2 Å². The molecule has 82 valence electrons. The van der Waals surface area contributed by atoms with Crippen LogP contribution in [0.25, 0.3) is 0 Å². The molecule has 5 heteroatoms. The predicted octanol–water partition coefficient (Wildman–Crippen LogP) is 1.74. The van der Waals surface area contributed by atoms with E-state index in [1.807, 2.05) is 0 Å². The SMILES string of the molecule is O=C(NCc1ccccc1F)c1cocn1. The van der Waals surface area contributed by atoms with Crippen LogP contribution in [0.4, 0.5) is 4.39 Å². The second-order valence-corrected chi connectivity index (χ2v) is 3.15. The Morgan fingerprint density at radius 3 is 2.94 bits per heavy atom. The van der Waals surface area contributed by atoms with Crippen LogP contribution in [0.2, 0.25) is 0 Å². The Kier molecular flexibility index (Phi) is 2.95. The quantitative estimate of drug-likeness (QED) is 0.857. The van der Waals surface area contributed by atoms with Crippen molar-refractivity contribution < 1.29 is 13.6 Å². The molecule has 0 unspecified atom stereocenters. The van der Waals surface area contributed by atoms with Gasteiger partial charge in [-0.1, -0.05) is 18.2 Å². The zero-order valence-electron chi connectivity index (χ0n) is 8.31. The Bertz CT molecular complexity index is 482. The number of hydrogen-bond donors (Lipinski definition) is 1. The van der Waals surface area contributed by atoms with Crippen molar-refractivity contribution in [1.29, 1.82) is 0 Å². The van der Waals surface area contributed by atoms with Gasteiger partial charge in [-0.2, -0.15) is 0 Å². The molecule has 2 rings (SSSR count). The van der Waals surface area contributed by atoms with Gasteiger partial charge in [0.05, 0.1) is 0 Å². The number of benzene rings is 1. The third-order valence-corrected chi connectivity index (χ3v) is 2.06. The maximum atomic E-state index is 13.2. The van der Waals surface area contributed by atoms with E-state index in [1.165, 1.54) is 12.3 Å². The highest BCUT2D eigenvalue weighted by Gasteiger charge is 2.08. The van der Waals surface area contributed by atoms with E-state index in [0.717, 1.165) is 6.39 Å². The van der Waals surface area contributed by atoms with Crippen molar-refractivity contribution in [3.8, 4) is 0 Å². The van der Waals surface area contributed by atoms with Gasteiger partial charge in [0.15, 0.2) is 12.1 Å². The molecule has 0 fully saturated rings. The van der Waals surface area contributed by atoms with Crippen LogP contribution in [0.5, 0.6) is 0 Å². The van der Waals surface area contributed by atoms with Gasteiger partial charge in [-0.05, 0) is 6.07 Å². The maximum absolute atomic E-state index is 13.2. The minimum absolute atomic E-state index is 0.123. The van der Waals surface area contributed by atoms with Crippen LogP contribution in [0, 0.1) is 5.82 Å². The molecular weight excluding hydrogens is 211 g/mol. The molecule has 0 spiro atoms. The van der Waals surface area contributed by atoms with Crippen molar-refractivity contribution in [1.82, 2.24) is 10.3 Å². The first-order valence-corrected chi connectivity index (χ1v) is 4.67. The number of nitrogens with one attached hydrogen (secondary N) is 1. The van der Waals surface area contributed by atoms with Crippen molar-refractivity contribution in [2.24, 2.45) is 0 Å². The van der Waals surface area contributed by atoms with Crippen molar-refractivity contribution in [2.75, 3.05) is 0 Å². The number of amides is 1. The summed E-state index contributed by atoms with van der Waals surface area (Å²) < 4.78 is 17.9. The zero-order valence-corrected chi connectivity index (χ0v) is 8.31. The topological polar surface area (TPSA) is 55.1 Å². The number of hydrogen-bond acceptors (Lipinski definition) is 3. The van der Waals surface area contributed by atoms with Crippen LogP contribution in [0.1, 0.15) is 16.1 Å². The Hall–Kier alpha value is -2.17. The Labute approximate surface area is 91.1 Å². The van der Waals surface area contributed by atoms with Gasteiger partial charge in [0.2, 0.25) is 0 Å². The number of rotatable bonds is 3.